The molecule has 1 heterocycles. The fraction of sp³-hybridized carbons (Fsp3) is 0.647. The fourth-order valence-electron chi connectivity index (χ4n) is 2.74. The van der Waals surface area contributed by atoms with Crippen molar-refractivity contribution in [2.75, 3.05) is 20.2 Å². The number of hydrazine groups is 1. The van der Waals surface area contributed by atoms with Crippen LogP contribution in [-0.4, -0.2) is 26.2 Å². The van der Waals surface area contributed by atoms with Gasteiger partial charge in [0.1, 0.15) is 5.75 Å². The summed E-state index contributed by atoms with van der Waals surface area (Å²) in [5.74, 6) is 0.980. The molecule has 1 fully saturated rings. The third kappa shape index (κ3) is 5.30. The van der Waals surface area contributed by atoms with Gasteiger partial charge in [0.15, 0.2) is 0 Å². The molecular formula is C17H29N3O. The first-order valence-electron chi connectivity index (χ1n) is 8.22. The number of hydrogen-bond acceptors (Lipinski definition) is 4. The average molecular weight is 291 g/mol. The van der Waals surface area contributed by atoms with E-state index in [0.29, 0.717) is 12.1 Å². The van der Waals surface area contributed by atoms with Crippen molar-refractivity contribution in [3.63, 3.8) is 0 Å². The Labute approximate surface area is 128 Å². The van der Waals surface area contributed by atoms with Crippen LogP contribution in [0.4, 0.5) is 0 Å². The number of likely N-dealkylation sites (N-methyl/N-ethyl adjacent to an activating group) is 1. The van der Waals surface area contributed by atoms with E-state index in [9.17, 15) is 0 Å². The van der Waals surface area contributed by atoms with Gasteiger partial charge in [-0.15, -0.1) is 0 Å². The van der Waals surface area contributed by atoms with Crippen LogP contribution in [0.15, 0.2) is 24.3 Å². The molecule has 118 valence electrons. The number of benzene rings is 1. The van der Waals surface area contributed by atoms with Crippen LogP contribution < -0.4 is 20.9 Å². The van der Waals surface area contributed by atoms with Gasteiger partial charge in [0.25, 0.3) is 0 Å². The van der Waals surface area contributed by atoms with Crippen molar-refractivity contribution in [3.8, 4) is 5.75 Å². The van der Waals surface area contributed by atoms with Gasteiger partial charge < -0.3 is 10.1 Å². The lowest BCUT2D eigenvalue weighted by molar-refractivity contribution is 0.305. The molecule has 3 N–H and O–H groups in total. The number of ether oxygens (including phenoxy) is 1. The number of nitrogens with one attached hydrogen (secondary N) is 3. The monoisotopic (exact) mass is 291 g/mol. The zero-order valence-corrected chi connectivity index (χ0v) is 13.3. The summed E-state index contributed by atoms with van der Waals surface area (Å²) in [6, 6.07) is 9.39. The average Bonchev–Trinajstić information content (AvgIpc) is 2.97. The maximum atomic E-state index is 5.78. The molecule has 0 aliphatic carbocycles. The highest BCUT2D eigenvalue weighted by Gasteiger charge is 2.24. The first-order chi connectivity index (χ1) is 10.3. The van der Waals surface area contributed by atoms with Crippen LogP contribution in [0.5, 0.6) is 5.75 Å². The van der Waals surface area contributed by atoms with Crippen molar-refractivity contribution in [1.82, 2.24) is 16.2 Å². The lowest BCUT2D eigenvalue weighted by Gasteiger charge is -2.11. The Balaban J connectivity index is 1.74. The second kappa shape index (κ2) is 9.03. The third-order valence-corrected chi connectivity index (χ3v) is 3.98. The number of rotatable bonds is 9. The minimum Gasteiger partial charge on any atom is -0.494 e. The van der Waals surface area contributed by atoms with Crippen LogP contribution in [0.2, 0.25) is 0 Å². The van der Waals surface area contributed by atoms with Crippen molar-refractivity contribution in [3.05, 3.63) is 29.8 Å². The van der Waals surface area contributed by atoms with Gasteiger partial charge in [-0.05, 0) is 37.6 Å². The van der Waals surface area contributed by atoms with Crippen LogP contribution in [0.3, 0.4) is 0 Å². The molecule has 1 aromatic carbocycles. The normalized spacial score (nSPS) is 21.6. The summed E-state index contributed by atoms with van der Waals surface area (Å²) >= 11 is 0. The summed E-state index contributed by atoms with van der Waals surface area (Å²) in [5, 5.41) is 3.21. The van der Waals surface area contributed by atoms with Crippen molar-refractivity contribution >= 4 is 0 Å². The molecule has 1 aliphatic rings. The van der Waals surface area contributed by atoms with E-state index in [1.165, 1.54) is 24.8 Å². The van der Waals surface area contributed by atoms with Crippen LogP contribution in [0, 0.1) is 0 Å². The standard InChI is InChI=1S/C17H29N3O/c1-3-4-5-6-11-21-16-9-7-14(8-10-16)17-12-15(13-18-2)19-20-17/h7-10,15,17-20H,3-6,11-13H2,1-2H3. The lowest BCUT2D eigenvalue weighted by Crippen LogP contribution is -2.36. The van der Waals surface area contributed by atoms with E-state index < -0.39 is 0 Å². The van der Waals surface area contributed by atoms with Crippen LogP contribution >= 0.6 is 0 Å². The third-order valence-electron chi connectivity index (χ3n) is 3.98. The van der Waals surface area contributed by atoms with E-state index in [4.69, 9.17) is 4.74 Å². The maximum Gasteiger partial charge on any atom is 0.119 e. The second-order valence-electron chi connectivity index (χ2n) is 5.81. The van der Waals surface area contributed by atoms with Crippen LogP contribution in [0.25, 0.3) is 0 Å². The van der Waals surface area contributed by atoms with E-state index in [0.717, 1.165) is 31.7 Å². The lowest BCUT2D eigenvalue weighted by atomic mass is 10.0. The molecule has 0 spiro atoms. The molecule has 2 rings (SSSR count). The first kappa shape index (κ1) is 16.3. The Morgan fingerprint density at radius 1 is 1.14 bits per heavy atom. The SMILES string of the molecule is CCCCCCOc1ccc(C2CC(CNC)NN2)cc1. The highest BCUT2D eigenvalue weighted by Crippen LogP contribution is 2.24. The number of hydrogen-bond donors (Lipinski definition) is 3. The van der Waals surface area contributed by atoms with E-state index >= 15 is 0 Å². The van der Waals surface area contributed by atoms with E-state index in [-0.39, 0.29) is 0 Å². The quantitative estimate of drug-likeness (QED) is 0.612. The fourth-order valence-corrected chi connectivity index (χ4v) is 2.74. The molecule has 2 unspecified atom stereocenters. The maximum absolute atomic E-state index is 5.78. The summed E-state index contributed by atoms with van der Waals surface area (Å²) in [4.78, 5) is 0. The minimum atomic E-state index is 0.391. The second-order valence-corrected chi connectivity index (χ2v) is 5.81. The molecular weight excluding hydrogens is 262 g/mol. The van der Waals surface area contributed by atoms with Crippen LogP contribution in [-0.2, 0) is 0 Å². The molecule has 0 saturated carbocycles. The van der Waals surface area contributed by atoms with E-state index in [2.05, 4.69) is 47.4 Å². The molecule has 4 heteroatoms. The molecule has 21 heavy (non-hydrogen) atoms. The summed E-state index contributed by atoms with van der Waals surface area (Å²) < 4.78 is 5.78. The molecule has 1 aliphatic heterocycles. The van der Waals surface area contributed by atoms with Gasteiger partial charge >= 0.3 is 0 Å². The molecule has 0 aromatic heterocycles. The summed E-state index contributed by atoms with van der Waals surface area (Å²) in [6.45, 7) is 4.04. The zero-order valence-electron chi connectivity index (χ0n) is 13.3. The Kier molecular flexibility index (Phi) is 7.00. The van der Waals surface area contributed by atoms with Gasteiger partial charge in [-0.2, -0.15) is 0 Å². The predicted molar refractivity (Wildman–Crippen MR) is 87.4 cm³/mol. The molecule has 1 saturated heterocycles. The summed E-state index contributed by atoms with van der Waals surface area (Å²) in [5.41, 5.74) is 8.01. The summed E-state index contributed by atoms with van der Waals surface area (Å²) in [6.07, 6.45) is 6.09. The largest absolute Gasteiger partial charge is 0.494 e. The molecule has 2 atom stereocenters. The van der Waals surface area contributed by atoms with Crippen molar-refractivity contribution < 1.29 is 4.74 Å². The molecule has 1 aromatic rings. The zero-order chi connectivity index (χ0) is 14.9. The Bertz CT molecular complexity index is 394. The highest BCUT2D eigenvalue weighted by molar-refractivity contribution is 5.29. The smallest absolute Gasteiger partial charge is 0.119 e. The van der Waals surface area contributed by atoms with Crippen LogP contribution in [0.1, 0.15) is 50.6 Å². The predicted octanol–water partition coefficient (Wildman–Crippen LogP) is 2.77. The van der Waals surface area contributed by atoms with Gasteiger partial charge in [-0.25, -0.2) is 5.43 Å². The number of unbranched alkanes of at least 4 members (excludes halogenated alkanes) is 3. The van der Waals surface area contributed by atoms with E-state index in [1.807, 2.05) is 7.05 Å². The van der Waals surface area contributed by atoms with Crippen molar-refractivity contribution in [1.29, 1.82) is 0 Å². The Morgan fingerprint density at radius 2 is 1.95 bits per heavy atom. The van der Waals surface area contributed by atoms with E-state index in [1.54, 1.807) is 0 Å². The Hall–Kier alpha value is -1.10. The van der Waals surface area contributed by atoms with Gasteiger partial charge in [0.2, 0.25) is 0 Å². The highest BCUT2D eigenvalue weighted by atomic mass is 16.5. The first-order valence-corrected chi connectivity index (χ1v) is 8.22. The van der Waals surface area contributed by atoms with Gasteiger partial charge in [-0.1, -0.05) is 38.3 Å². The topological polar surface area (TPSA) is 45.3 Å². The summed E-state index contributed by atoms with van der Waals surface area (Å²) in [7, 11) is 1.99. The van der Waals surface area contributed by atoms with Gasteiger partial charge in [0.05, 0.1) is 6.61 Å². The molecule has 0 radical (unpaired) electrons. The molecule has 0 bridgehead atoms. The minimum absolute atomic E-state index is 0.391. The molecule has 0 amide bonds. The molecule has 4 nitrogen and oxygen atoms in total. The van der Waals surface area contributed by atoms with Gasteiger partial charge in [0, 0.05) is 18.6 Å². The van der Waals surface area contributed by atoms with Crippen molar-refractivity contribution in [2.24, 2.45) is 0 Å². The van der Waals surface area contributed by atoms with Gasteiger partial charge in [-0.3, -0.25) is 5.43 Å². The van der Waals surface area contributed by atoms with Crippen molar-refractivity contribution in [2.45, 2.75) is 51.1 Å². The Morgan fingerprint density at radius 3 is 2.67 bits per heavy atom.